The van der Waals surface area contributed by atoms with Gasteiger partial charge in [0.15, 0.2) is 12.2 Å². The highest BCUT2D eigenvalue weighted by Crippen LogP contribution is 2.29. The number of nitrogens with one attached hydrogen (secondary N) is 1. The zero-order valence-electron chi connectivity index (χ0n) is 16.2. The van der Waals surface area contributed by atoms with Crippen LogP contribution in [0.5, 0.6) is 0 Å². The molecule has 1 aliphatic heterocycles. The number of Topliss-reactive ketones (excluding diaryl/α,β-unsaturated/α-hetero) is 1. The Labute approximate surface area is 179 Å². The standard InChI is InChI=1S/C21H15FN4O4S/c1-25-18(20(29)30-24-25)17(27)12-31-21-23-16(11-13-7-9-14(22)10-8-13)19(28)26(21)15-5-3-2-4-6-15/h2-11H,12H2,1H3/p+1/b16-11+. The Morgan fingerprint density at radius 1 is 1.19 bits per heavy atom. The van der Waals surface area contributed by atoms with Gasteiger partial charge >= 0.3 is 11.3 Å². The van der Waals surface area contributed by atoms with E-state index in [0.29, 0.717) is 16.4 Å². The maximum absolute atomic E-state index is 13.2. The molecule has 2 aromatic carbocycles. The number of aliphatic imine (C=N–C) groups is 1. The number of ketones is 1. The van der Waals surface area contributed by atoms with Crippen LogP contribution in [0.3, 0.4) is 0 Å². The zero-order chi connectivity index (χ0) is 22.0. The summed E-state index contributed by atoms with van der Waals surface area (Å²) in [6.07, 6.45) is 1.55. The lowest BCUT2D eigenvalue weighted by atomic mass is 10.2. The summed E-state index contributed by atoms with van der Waals surface area (Å²) in [6, 6.07) is 14.5. The lowest BCUT2D eigenvalue weighted by molar-refractivity contribution is -0.741. The van der Waals surface area contributed by atoms with Gasteiger partial charge in [-0.1, -0.05) is 46.8 Å². The van der Waals surface area contributed by atoms with E-state index in [0.717, 1.165) is 11.8 Å². The molecule has 0 unspecified atom stereocenters. The molecule has 10 heteroatoms. The average molecular weight is 439 g/mol. The number of rotatable bonds is 5. The molecule has 31 heavy (non-hydrogen) atoms. The lowest BCUT2D eigenvalue weighted by Gasteiger charge is -2.17. The van der Waals surface area contributed by atoms with Crippen LogP contribution in [0.25, 0.3) is 6.08 Å². The third-order valence-corrected chi connectivity index (χ3v) is 5.36. The predicted molar refractivity (Wildman–Crippen MR) is 113 cm³/mol. The fraction of sp³-hybridized carbons (Fsp3) is 0.0952. The topological polar surface area (TPSA) is 99.6 Å². The van der Waals surface area contributed by atoms with Crippen LogP contribution in [0.2, 0.25) is 0 Å². The van der Waals surface area contributed by atoms with Crippen molar-refractivity contribution < 1.29 is 23.2 Å². The summed E-state index contributed by atoms with van der Waals surface area (Å²) in [5.74, 6) is -1.36. The van der Waals surface area contributed by atoms with Crippen LogP contribution in [0.15, 0.2) is 74.6 Å². The summed E-state index contributed by atoms with van der Waals surface area (Å²) in [6.45, 7) is 0. The van der Waals surface area contributed by atoms with E-state index in [1.807, 2.05) is 6.07 Å². The number of amidine groups is 1. The van der Waals surface area contributed by atoms with Crippen LogP contribution >= 0.6 is 11.8 Å². The number of aryl methyl sites for hydroxylation is 1. The highest BCUT2D eigenvalue weighted by molar-refractivity contribution is 8.14. The maximum Gasteiger partial charge on any atom is 0.438 e. The number of aromatic nitrogens is 2. The van der Waals surface area contributed by atoms with Gasteiger partial charge in [-0.25, -0.2) is 14.2 Å². The predicted octanol–water partition coefficient (Wildman–Crippen LogP) is 2.29. The van der Waals surface area contributed by atoms with Gasteiger partial charge in [0, 0.05) is 0 Å². The van der Waals surface area contributed by atoms with E-state index >= 15 is 0 Å². The van der Waals surface area contributed by atoms with Crippen molar-refractivity contribution in [3.05, 3.63) is 87.8 Å². The molecule has 156 valence electrons. The Morgan fingerprint density at radius 3 is 2.55 bits per heavy atom. The number of hydrogen-bond donors (Lipinski definition) is 1. The summed E-state index contributed by atoms with van der Waals surface area (Å²) in [5.41, 5.74) is 0.443. The van der Waals surface area contributed by atoms with Gasteiger partial charge in [-0.2, -0.15) is 0 Å². The van der Waals surface area contributed by atoms with Crippen molar-refractivity contribution >= 4 is 40.4 Å². The Hall–Kier alpha value is -3.79. The molecule has 1 N–H and O–H groups in total. The normalized spacial score (nSPS) is 14.9. The van der Waals surface area contributed by atoms with Crippen molar-refractivity contribution in [2.75, 3.05) is 10.7 Å². The average Bonchev–Trinajstić information content (AvgIpc) is 3.27. The molecule has 8 nitrogen and oxygen atoms in total. The van der Waals surface area contributed by atoms with Gasteiger partial charge < -0.3 is 0 Å². The molecule has 0 spiro atoms. The van der Waals surface area contributed by atoms with Crippen LogP contribution in [0.4, 0.5) is 10.1 Å². The van der Waals surface area contributed by atoms with Gasteiger partial charge in [-0.05, 0) is 41.2 Å². The van der Waals surface area contributed by atoms with Crippen LogP contribution in [0.1, 0.15) is 16.1 Å². The number of amides is 1. The second kappa shape index (κ2) is 8.52. The molecule has 0 fully saturated rings. The number of aromatic amines is 1. The van der Waals surface area contributed by atoms with E-state index in [1.54, 1.807) is 30.3 Å². The van der Waals surface area contributed by atoms with Crippen molar-refractivity contribution in [2.24, 2.45) is 12.0 Å². The van der Waals surface area contributed by atoms with E-state index < -0.39 is 11.4 Å². The van der Waals surface area contributed by atoms with Crippen LogP contribution < -0.4 is 15.2 Å². The van der Waals surface area contributed by atoms with Crippen molar-refractivity contribution in [1.82, 2.24) is 5.27 Å². The largest absolute Gasteiger partial charge is 0.438 e. The molecule has 0 aliphatic carbocycles. The number of benzene rings is 2. The monoisotopic (exact) mass is 439 g/mol. The fourth-order valence-electron chi connectivity index (χ4n) is 2.95. The molecule has 1 aromatic heterocycles. The summed E-state index contributed by atoms with van der Waals surface area (Å²) < 4.78 is 19.0. The van der Waals surface area contributed by atoms with Gasteiger partial charge in [0.25, 0.3) is 5.91 Å². The highest BCUT2D eigenvalue weighted by Gasteiger charge is 2.34. The van der Waals surface area contributed by atoms with Crippen molar-refractivity contribution in [3.8, 4) is 0 Å². The Kier molecular flexibility index (Phi) is 5.63. The number of carbonyl (C=O) groups is 2. The second-order valence-electron chi connectivity index (χ2n) is 6.55. The summed E-state index contributed by atoms with van der Waals surface area (Å²) in [7, 11) is 1.49. The van der Waals surface area contributed by atoms with E-state index in [-0.39, 0.29) is 28.9 Å². The minimum Gasteiger partial charge on any atom is -0.286 e. The summed E-state index contributed by atoms with van der Waals surface area (Å²) in [5, 5.41) is 2.59. The molecule has 2 heterocycles. The van der Waals surface area contributed by atoms with Crippen molar-refractivity contribution in [3.63, 3.8) is 0 Å². The minimum atomic E-state index is -0.769. The molecular weight excluding hydrogens is 423 g/mol. The van der Waals surface area contributed by atoms with E-state index in [4.69, 9.17) is 0 Å². The molecule has 3 aromatic rings. The van der Waals surface area contributed by atoms with E-state index in [2.05, 4.69) is 14.8 Å². The number of carbonyl (C=O) groups excluding carboxylic acids is 2. The zero-order valence-corrected chi connectivity index (χ0v) is 17.1. The molecule has 0 saturated carbocycles. The van der Waals surface area contributed by atoms with Crippen LogP contribution in [-0.2, 0) is 11.8 Å². The van der Waals surface area contributed by atoms with Crippen molar-refractivity contribution in [2.45, 2.75) is 0 Å². The quantitative estimate of drug-likeness (QED) is 0.374. The van der Waals surface area contributed by atoms with Gasteiger partial charge in [0.05, 0.1) is 11.4 Å². The molecule has 1 amide bonds. The summed E-state index contributed by atoms with van der Waals surface area (Å²) >= 11 is 1.03. The first kappa shape index (κ1) is 20.5. The van der Waals surface area contributed by atoms with Gasteiger partial charge in [0.1, 0.15) is 11.5 Å². The molecule has 0 radical (unpaired) electrons. The minimum absolute atomic E-state index is 0.129. The van der Waals surface area contributed by atoms with Crippen molar-refractivity contribution in [1.29, 1.82) is 0 Å². The van der Waals surface area contributed by atoms with Gasteiger partial charge in [-0.3, -0.25) is 19.0 Å². The first-order chi connectivity index (χ1) is 14.9. The molecule has 4 rings (SSSR count). The number of nitrogens with zero attached hydrogens (tertiary/aromatic N) is 3. The molecule has 1 aliphatic rings. The second-order valence-corrected chi connectivity index (χ2v) is 7.49. The maximum atomic E-state index is 13.2. The van der Waals surface area contributed by atoms with Crippen LogP contribution in [-0.4, -0.2) is 27.9 Å². The Morgan fingerprint density at radius 2 is 1.90 bits per heavy atom. The number of para-hydroxylation sites is 1. The Balaban J connectivity index is 1.64. The third-order valence-electron chi connectivity index (χ3n) is 4.42. The number of H-pyrrole nitrogens is 1. The smallest absolute Gasteiger partial charge is 0.286 e. The first-order valence-corrected chi connectivity index (χ1v) is 10.1. The highest BCUT2D eigenvalue weighted by atomic mass is 32.2. The third kappa shape index (κ3) is 4.24. The lowest BCUT2D eigenvalue weighted by Crippen LogP contribution is -2.40. The summed E-state index contributed by atoms with van der Waals surface area (Å²) in [4.78, 5) is 43.1. The molecular formula is C21H16FN4O4S+. The Bertz CT molecular complexity index is 1260. The molecule has 0 saturated heterocycles. The van der Waals surface area contributed by atoms with E-state index in [9.17, 15) is 18.8 Å². The number of thioether (sulfide) groups is 1. The van der Waals surface area contributed by atoms with Crippen LogP contribution in [0, 0.1) is 5.82 Å². The number of anilines is 1. The SMILES string of the molecule is C[n+]1[nH]oc(=O)c1C(=O)CSC1=N/C(=C/c2ccc(F)cc2)C(=O)N1c1ccccc1. The van der Waals surface area contributed by atoms with Gasteiger partial charge in [0.2, 0.25) is 5.78 Å². The van der Waals surface area contributed by atoms with E-state index in [1.165, 1.54) is 40.9 Å². The molecule has 0 bridgehead atoms. The fourth-order valence-corrected chi connectivity index (χ4v) is 3.83. The van der Waals surface area contributed by atoms with Gasteiger partial charge in [-0.15, -0.1) is 0 Å². The number of halogens is 1. The first-order valence-electron chi connectivity index (χ1n) is 9.13. The molecule has 0 atom stereocenters. The number of hydrogen-bond acceptors (Lipinski definition) is 6.